The minimum absolute atomic E-state index is 0.278. The molecule has 10 heteroatoms. The normalized spacial score (nSPS) is 16.2. The van der Waals surface area contributed by atoms with E-state index in [1.807, 2.05) is 38.1 Å². The molecule has 3 rings (SSSR count). The lowest BCUT2D eigenvalue weighted by atomic mass is 10.1. The average Bonchev–Trinajstić information content (AvgIpc) is 3.11. The van der Waals surface area contributed by atoms with E-state index in [4.69, 9.17) is 21.2 Å². The minimum atomic E-state index is -3.52. The number of nitrogens with zero attached hydrogens (tertiary/aromatic N) is 4. The van der Waals surface area contributed by atoms with Crippen LogP contribution in [0, 0.1) is 0 Å². The van der Waals surface area contributed by atoms with E-state index in [-0.39, 0.29) is 5.15 Å². The summed E-state index contributed by atoms with van der Waals surface area (Å²) in [5.74, 6) is 0.805. The van der Waals surface area contributed by atoms with Crippen LogP contribution in [-0.4, -0.2) is 56.3 Å². The van der Waals surface area contributed by atoms with Gasteiger partial charge >= 0.3 is 10.2 Å². The number of aromatic nitrogens is 1. The van der Waals surface area contributed by atoms with Gasteiger partial charge in [-0.2, -0.15) is 12.7 Å². The molecule has 1 aliphatic rings. The topological polar surface area (TPSA) is 84.3 Å². The molecule has 33 heavy (non-hydrogen) atoms. The van der Waals surface area contributed by atoms with Gasteiger partial charge in [0, 0.05) is 25.8 Å². The number of benzene rings is 1. The fourth-order valence-electron chi connectivity index (χ4n) is 3.57. The summed E-state index contributed by atoms with van der Waals surface area (Å²) in [6, 6.07) is 11.1. The summed E-state index contributed by atoms with van der Waals surface area (Å²) in [6.07, 6.45) is 4.82. The predicted octanol–water partition coefficient (Wildman–Crippen LogP) is 4.50. The molecule has 1 aromatic heterocycles. The van der Waals surface area contributed by atoms with Gasteiger partial charge in [-0.3, -0.25) is 4.31 Å². The maximum Gasteiger partial charge on any atom is 0.304 e. The molecular weight excluding hydrogens is 464 g/mol. The Labute approximate surface area is 201 Å². The molecule has 0 N–H and O–H groups in total. The molecule has 2 heterocycles. The third-order valence-corrected chi connectivity index (χ3v) is 7.48. The number of hydrogen-bond donors (Lipinski definition) is 0. The predicted molar refractivity (Wildman–Crippen MR) is 131 cm³/mol. The van der Waals surface area contributed by atoms with Gasteiger partial charge in [0.05, 0.1) is 18.0 Å². The van der Waals surface area contributed by atoms with Crippen LogP contribution in [0.2, 0.25) is 5.15 Å². The van der Waals surface area contributed by atoms with Crippen LogP contribution in [0.1, 0.15) is 45.1 Å². The second-order valence-corrected chi connectivity index (χ2v) is 9.80. The number of halogens is 1. The van der Waals surface area contributed by atoms with Gasteiger partial charge < -0.3 is 9.57 Å². The van der Waals surface area contributed by atoms with Gasteiger partial charge in [-0.15, -0.1) is 0 Å². The van der Waals surface area contributed by atoms with Crippen molar-refractivity contribution < 1.29 is 18.0 Å². The summed E-state index contributed by atoms with van der Waals surface area (Å²) in [4.78, 5) is 9.07. The monoisotopic (exact) mass is 494 g/mol. The molecule has 1 saturated heterocycles. The SMILES string of the molecule is CCON=C(CC)c1ccc(OCCCCCN2CCN(c3ccnc(Cl)c3)S2(=O)=O)cc1. The van der Waals surface area contributed by atoms with Gasteiger partial charge in [0.2, 0.25) is 0 Å². The number of oxime groups is 1. The van der Waals surface area contributed by atoms with Crippen LogP contribution in [0.5, 0.6) is 5.75 Å². The maximum atomic E-state index is 12.8. The second-order valence-electron chi connectivity index (χ2n) is 7.56. The van der Waals surface area contributed by atoms with Crippen LogP contribution < -0.4 is 9.04 Å². The largest absolute Gasteiger partial charge is 0.494 e. The van der Waals surface area contributed by atoms with Crippen molar-refractivity contribution in [3.05, 3.63) is 53.3 Å². The van der Waals surface area contributed by atoms with E-state index in [2.05, 4.69) is 10.1 Å². The molecule has 0 amide bonds. The Hall–Kier alpha value is -2.36. The van der Waals surface area contributed by atoms with E-state index in [0.29, 0.717) is 38.5 Å². The Morgan fingerprint density at radius 2 is 1.91 bits per heavy atom. The van der Waals surface area contributed by atoms with Crippen LogP contribution in [0.4, 0.5) is 5.69 Å². The minimum Gasteiger partial charge on any atom is -0.494 e. The van der Waals surface area contributed by atoms with Crippen molar-refractivity contribution >= 4 is 33.2 Å². The molecule has 0 unspecified atom stereocenters. The number of hydrogen-bond acceptors (Lipinski definition) is 6. The lowest BCUT2D eigenvalue weighted by Crippen LogP contribution is -2.33. The van der Waals surface area contributed by atoms with Crippen molar-refractivity contribution in [3.8, 4) is 5.75 Å². The van der Waals surface area contributed by atoms with Crippen LogP contribution >= 0.6 is 11.6 Å². The van der Waals surface area contributed by atoms with E-state index in [9.17, 15) is 8.42 Å². The van der Waals surface area contributed by atoms with Crippen molar-refractivity contribution in [1.82, 2.24) is 9.29 Å². The molecule has 0 radical (unpaired) electrons. The highest BCUT2D eigenvalue weighted by Gasteiger charge is 2.36. The molecule has 0 spiro atoms. The molecule has 2 aromatic rings. The Bertz CT molecular complexity index is 1030. The van der Waals surface area contributed by atoms with Gasteiger partial charge in [-0.25, -0.2) is 4.98 Å². The third-order valence-electron chi connectivity index (χ3n) is 5.30. The Balaban J connectivity index is 1.39. The number of anilines is 1. The first-order valence-electron chi connectivity index (χ1n) is 11.3. The van der Waals surface area contributed by atoms with Crippen LogP contribution in [0.25, 0.3) is 0 Å². The summed E-state index contributed by atoms with van der Waals surface area (Å²) in [5.41, 5.74) is 2.48. The summed E-state index contributed by atoms with van der Waals surface area (Å²) < 4.78 is 34.4. The lowest BCUT2D eigenvalue weighted by Gasteiger charge is -2.20. The molecule has 0 bridgehead atoms. The van der Waals surface area contributed by atoms with Crippen LogP contribution in [0.3, 0.4) is 0 Å². The zero-order chi connectivity index (χ0) is 23.7. The summed E-state index contributed by atoms with van der Waals surface area (Å²) >= 11 is 5.91. The van der Waals surface area contributed by atoms with Gasteiger partial charge in [0.25, 0.3) is 0 Å². The molecular formula is C23H31ClN4O4S. The first-order chi connectivity index (χ1) is 16.0. The molecule has 0 aliphatic carbocycles. The molecule has 0 atom stereocenters. The first kappa shape index (κ1) is 25.3. The number of rotatable bonds is 12. The van der Waals surface area contributed by atoms with Crippen LogP contribution in [-0.2, 0) is 15.0 Å². The van der Waals surface area contributed by atoms with E-state index in [1.165, 1.54) is 14.8 Å². The Morgan fingerprint density at radius 3 is 2.61 bits per heavy atom. The van der Waals surface area contributed by atoms with E-state index >= 15 is 0 Å². The summed E-state index contributed by atoms with van der Waals surface area (Å²) in [7, 11) is -3.52. The van der Waals surface area contributed by atoms with E-state index < -0.39 is 10.2 Å². The van der Waals surface area contributed by atoms with Crippen LogP contribution in [0.15, 0.2) is 47.8 Å². The van der Waals surface area contributed by atoms with Gasteiger partial charge in [-0.05, 0) is 74.6 Å². The quantitative estimate of drug-likeness (QED) is 0.188. The summed E-state index contributed by atoms with van der Waals surface area (Å²) in [5, 5.41) is 4.42. The average molecular weight is 495 g/mol. The van der Waals surface area contributed by atoms with Gasteiger partial charge in [0.15, 0.2) is 0 Å². The van der Waals surface area contributed by atoms with E-state index in [0.717, 1.165) is 42.7 Å². The fourth-order valence-corrected chi connectivity index (χ4v) is 5.39. The molecule has 1 aliphatic heterocycles. The van der Waals surface area contributed by atoms with Crippen molar-refractivity contribution in [1.29, 1.82) is 0 Å². The number of pyridine rings is 1. The standard InChI is InChI=1S/C23H31ClN4O4S/c1-3-22(26-32-4-2)19-8-10-21(11-9-19)31-17-7-5-6-14-27-15-16-28(33(27,29)30)20-12-13-25-23(24)18-20/h8-13,18H,3-7,14-17H2,1-2H3. The van der Waals surface area contributed by atoms with Gasteiger partial charge in [-0.1, -0.05) is 23.7 Å². The number of ether oxygens (including phenoxy) is 1. The lowest BCUT2D eigenvalue weighted by molar-refractivity contribution is 0.158. The summed E-state index contributed by atoms with van der Waals surface area (Å²) in [6.45, 7) is 6.46. The van der Waals surface area contributed by atoms with Gasteiger partial charge in [0.1, 0.15) is 17.5 Å². The molecule has 1 aromatic carbocycles. The van der Waals surface area contributed by atoms with Crippen molar-refractivity contribution in [2.24, 2.45) is 5.16 Å². The van der Waals surface area contributed by atoms with Crippen molar-refractivity contribution in [2.45, 2.75) is 39.5 Å². The Morgan fingerprint density at radius 1 is 1.12 bits per heavy atom. The second kappa shape index (κ2) is 12.2. The highest BCUT2D eigenvalue weighted by molar-refractivity contribution is 7.90. The highest BCUT2D eigenvalue weighted by Crippen LogP contribution is 2.26. The maximum absolute atomic E-state index is 12.8. The zero-order valence-electron chi connectivity index (χ0n) is 19.1. The molecule has 8 nitrogen and oxygen atoms in total. The first-order valence-corrected chi connectivity index (χ1v) is 13.0. The van der Waals surface area contributed by atoms with E-state index in [1.54, 1.807) is 12.1 Å². The molecule has 180 valence electrons. The zero-order valence-corrected chi connectivity index (χ0v) is 20.7. The molecule has 1 fully saturated rings. The Kier molecular flexibility index (Phi) is 9.34. The highest BCUT2D eigenvalue weighted by atomic mass is 35.5. The number of unbranched alkanes of at least 4 members (excludes halogenated alkanes) is 2. The smallest absolute Gasteiger partial charge is 0.304 e. The van der Waals surface area contributed by atoms with Crippen molar-refractivity contribution in [2.75, 3.05) is 37.2 Å². The van der Waals surface area contributed by atoms with Crippen molar-refractivity contribution in [3.63, 3.8) is 0 Å². The molecule has 0 saturated carbocycles. The fraction of sp³-hybridized carbons (Fsp3) is 0.478. The third kappa shape index (κ3) is 6.82.